The van der Waals surface area contributed by atoms with Crippen molar-refractivity contribution < 1.29 is 18.7 Å². The molecule has 0 bridgehead atoms. The highest BCUT2D eigenvalue weighted by atomic mass is 16.5. The molecule has 1 saturated heterocycles. The van der Waals surface area contributed by atoms with E-state index in [9.17, 15) is 4.79 Å². The van der Waals surface area contributed by atoms with Crippen molar-refractivity contribution >= 4 is 22.7 Å². The highest BCUT2D eigenvalue weighted by Gasteiger charge is 2.18. The molecule has 1 fully saturated rings. The average molecular weight is 352 g/mol. The summed E-state index contributed by atoms with van der Waals surface area (Å²) < 4.78 is 16.9. The number of aromatic nitrogens is 1. The topological polar surface area (TPSA) is 73.6 Å². The lowest BCUT2D eigenvalue weighted by Gasteiger charge is -2.14. The molecule has 0 unspecified atom stereocenters. The molecule has 26 heavy (non-hydrogen) atoms. The van der Waals surface area contributed by atoms with Crippen molar-refractivity contribution in [3.05, 3.63) is 53.9 Å². The van der Waals surface area contributed by atoms with E-state index >= 15 is 0 Å². The van der Waals surface area contributed by atoms with Crippen molar-refractivity contribution in [2.24, 2.45) is 0 Å². The predicted octanol–water partition coefficient (Wildman–Crippen LogP) is 3.95. The van der Waals surface area contributed by atoms with Crippen LogP contribution in [0.4, 0.5) is 5.69 Å². The summed E-state index contributed by atoms with van der Waals surface area (Å²) in [7, 11) is 0. The highest BCUT2D eigenvalue weighted by molar-refractivity contribution is 6.06. The lowest BCUT2D eigenvalue weighted by atomic mass is 10.1. The van der Waals surface area contributed by atoms with Crippen LogP contribution < -0.4 is 10.1 Å². The monoisotopic (exact) mass is 352 g/mol. The minimum atomic E-state index is -0.229. The smallest absolute Gasteiger partial charge is 0.259 e. The first-order valence-corrected chi connectivity index (χ1v) is 8.71. The zero-order valence-electron chi connectivity index (χ0n) is 14.5. The van der Waals surface area contributed by atoms with Crippen molar-refractivity contribution in [3.8, 4) is 5.75 Å². The van der Waals surface area contributed by atoms with Gasteiger partial charge in [-0.15, -0.1) is 0 Å². The van der Waals surface area contributed by atoms with Crippen LogP contribution in [0.1, 0.15) is 29.1 Å². The van der Waals surface area contributed by atoms with Gasteiger partial charge in [-0.25, -0.2) is 4.98 Å². The van der Waals surface area contributed by atoms with E-state index in [4.69, 9.17) is 13.9 Å². The zero-order chi connectivity index (χ0) is 17.9. The maximum absolute atomic E-state index is 12.7. The van der Waals surface area contributed by atoms with E-state index in [1.807, 2.05) is 12.1 Å². The second-order valence-electron chi connectivity index (χ2n) is 6.31. The molecule has 1 N–H and O–H groups in total. The van der Waals surface area contributed by atoms with Gasteiger partial charge in [-0.2, -0.15) is 0 Å². The van der Waals surface area contributed by atoms with Gasteiger partial charge in [0.15, 0.2) is 11.5 Å². The summed E-state index contributed by atoms with van der Waals surface area (Å²) in [6, 6.07) is 12.6. The molecule has 1 atom stereocenters. The molecule has 0 saturated carbocycles. The second-order valence-corrected chi connectivity index (χ2v) is 6.31. The van der Waals surface area contributed by atoms with Gasteiger partial charge in [0, 0.05) is 19.2 Å². The van der Waals surface area contributed by atoms with Crippen LogP contribution in [-0.2, 0) is 4.74 Å². The molecule has 2 aromatic carbocycles. The van der Waals surface area contributed by atoms with Gasteiger partial charge in [0.25, 0.3) is 5.91 Å². The van der Waals surface area contributed by atoms with Gasteiger partial charge in [0.05, 0.1) is 11.7 Å². The largest absolute Gasteiger partial charge is 0.490 e. The van der Waals surface area contributed by atoms with Crippen LogP contribution in [0.25, 0.3) is 11.1 Å². The summed E-state index contributed by atoms with van der Waals surface area (Å²) in [4.78, 5) is 17.0. The van der Waals surface area contributed by atoms with Crippen LogP contribution in [0.3, 0.4) is 0 Å². The average Bonchev–Trinajstić information content (AvgIpc) is 3.28. The first-order chi connectivity index (χ1) is 12.7. The summed E-state index contributed by atoms with van der Waals surface area (Å²) in [5.74, 6) is 0.919. The number of ether oxygens (including phenoxy) is 2. The molecule has 1 amide bonds. The SMILES string of the molecule is Cc1nc2cc(NC(=O)c3ccccc3OC[C@@H]3CCCO3)ccc2o1. The first-order valence-electron chi connectivity index (χ1n) is 8.71. The van der Waals surface area contributed by atoms with E-state index in [-0.39, 0.29) is 12.0 Å². The number of fused-ring (bicyclic) bond motifs is 1. The number of rotatable bonds is 5. The molecule has 134 valence electrons. The number of amides is 1. The van der Waals surface area contributed by atoms with Gasteiger partial charge in [-0.1, -0.05) is 12.1 Å². The Morgan fingerprint density at radius 3 is 3.04 bits per heavy atom. The zero-order valence-corrected chi connectivity index (χ0v) is 14.5. The minimum absolute atomic E-state index is 0.101. The van der Waals surface area contributed by atoms with Crippen molar-refractivity contribution in [2.45, 2.75) is 25.9 Å². The quantitative estimate of drug-likeness (QED) is 0.753. The third-order valence-corrected chi connectivity index (χ3v) is 4.33. The third-order valence-electron chi connectivity index (χ3n) is 4.33. The molecule has 0 radical (unpaired) electrons. The Hall–Kier alpha value is -2.86. The number of benzene rings is 2. The van der Waals surface area contributed by atoms with Crippen molar-refractivity contribution in [1.82, 2.24) is 4.98 Å². The molecule has 3 aromatic rings. The van der Waals surface area contributed by atoms with E-state index in [1.165, 1.54) is 0 Å². The van der Waals surface area contributed by atoms with Crippen LogP contribution in [0.15, 0.2) is 46.9 Å². The maximum atomic E-state index is 12.7. The lowest BCUT2D eigenvalue weighted by molar-refractivity contribution is 0.0673. The van der Waals surface area contributed by atoms with Crippen LogP contribution in [0.5, 0.6) is 5.75 Å². The lowest BCUT2D eigenvalue weighted by Crippen LogP contribution is -2.19. The summed E-state index contributed by atoms with van der Waals surface area (Å²) in [6.45, 7) is 3.02. The Bertz CT molecular complexity index is 928. The molecule has 0 aliphatic carbocycles. The fraction of sp³-hybridized carbons (Fsp3) is 0.300. The summed E-state index contributed by atoms with van der Waals surface area (Å²) in [6.07, 6.45) is 2.15. The van der Waals surface area contributed by atoms with E-state index in [1.54, 1.807) is 37.3 Å². The van der Waals surface area contributed by atoms with Crippen LogP contribution in [-0.4, -0.2) is 30.2 Å². The molecule has 0 spiro atoms. The number of carbonyl (C=O) groups is 1. The first kappa shape index (κ1) is 16.6. The molecular weight excluding hydrogens is 332 g/mol. The fourth-order valence-corrected chi connectivity index (χ4v) is 3.06. The molecule has 1 aliphatic heterocycles. The normalized spacial score (nSPS) is 16.7. The summed E-state index contributed by atoms with van der Waals surface area (Å²) in [5.41, 5.74) is 2.55. The Morgan fingerprint density at radius 2 is 2.19 bits per heavy atom. The van der Waals surface area contributed by atoms with Crippen LogP contribution in [0, 0.1) is 6.92 Å². The number of para-hydroxylation sites is 1. The Labute approximate surface area is 151 Å². The number of nitrogens with zero attached hydrogens (tertiary/aromatic N) is 1. The molecule has 6 nitrogen and oxygen atoms in total. The molecule has 2 heterocycles. The van der Waals surface area contributed by atoms with Crippen LogP contribution in [0.2, 0.25) is 0 Å². The van der Waals surface area contributed by atoms with Crippen molar-refractivity contribution in [1.29, 1.82) is 0 Å². The van der Waals surface area contributed by atoms with Crippen LogP contribution >= 0.6 is 0 Å². The van der Waals surface area contributed by atoms with E-state index < -0.39 is 0 Å². The van der Waals surface area contributed by atoms with Gasteiger partial charge < -0.3 is 19.2 Å². The molecular formula is C20H20N2O4. The van der Waals surface area contributed by atoms with E-state index in [2.05, 4.69) is 10.3 Å². The number of oxazole rings is 1. The number of hydrogen-bond donors (Lipinski definition) is 1. The van der Waals surface area contributed by atoms with Gasteiger partial charge in [0.1, 0.15) is 17.9 Å². The number of nitrogens with one attached hydrogen (secondary N) is 1. The molecule has 6 heteroatoms. The predicted molar refractivity (Wildman–Crippen MR) is 97.6 cm³/mol. The highest BCUT2D eigenvalue weighted by Crippen LogP contribution is 2.23. The summed E-state index contributed by atoms with van der Waals surface area (Å²) in [5, 5.41) is 2.90. The van der Waals surface area contributed by atoms with E-state index in [0.29, 0.717) is 40.6 Å². The Morgan fingerprint density at radius 1 is 1.31 bits per heavy atom. The summed E-state index contributed by atoms with van der Waals surface area (Å²) >= 11 is 0. The second kappa shape index (κ2) is 7.17. The fourth-order valence-electron chi connectivity index (χ4n) is 3.06. The van der Waals surface area contributed by atoms with E-state index in [0.717, 1.165) is 19.4 Å². The van der Waals surface area contributed by atoms with Crippen molar-refractivity contribution in [3.63, 3.8) is 0 Å². The number of anilines is 1. The molecule has 4 rings (SSSR count). The molecule has 1 aliphatic rings. The van der Waals surface area contributed by atoms with Gasteiger partial charge in [-0.3, -0.25) is 4.79 Å². The van der Waals surface area contributed by atoms with Crippen molar-refractivity contribution in [2.75, 3.05) is 18.5 Å². The molecule has 1 aromatic heterocycles. The Balaban J connectivity index is 1.49. The van der Waals surface area contributed by atoms with Gasteiger partial charge >= 0.3 is 0 Å². The standard InChI is InChI=1S/C20H20N2O4/c1-13-21-17-11-14(8-9-19(17)26-13)22-20(23)16-6-2-3-7-18(16)25-12-15-5-4-10-24-15/h2-3,6-9,11,15H,4-5,10,12H2,1H3,(H,22,23)/t15-/m0/s1. The number of hydrogen-bond acceptors (Lipinski definition) is 5. The third kappa shape index (κ3) is 3.55. The number of carbonyl (C=O) groups excluding carboxylic acids is 1. The van der Waals surface area contributed by atoms with Gasteiger partial charge in [0.2, 0.25) is 0 Å². The Kier molecular flexibility index (Phi) is 4.58. The van der Waals surface area contributed by atoms with Gasteiger partial charge in [-0.05, 0) is 43.2 Å². The number of aryl methyl sites for hydroxylation is 1. The minimum Gasteiger partial charge on any atom is -0.490 e. The maximum Gasteiger partial charge on any atom is 0.259 e.